The first-order chi connectivity index (χ1) is 12.7. The molecule has 1 aliphatic heterocycles. The van der Waals surface area contributed by atoms with E-state index in [2.05, 4.69) is 26.5 Å². The van der Waals surface area contributed by atoms with Crippen LogP contribution in [-0.2, 0) is 6.54 Å². The highest BCUT2D eigenvalue weighted by Gasteiger charge is 2.21. The molecule has 0 aliphatic carbocycles. The van der Waals surface area contributed by atoms with Crippen molar-refractivity contribution in [3.05, 3.63) is 83.1 Å². The average Bonchev–Trinajstić information content (AvgIpc) is 3.33. The molecule has 7 heteroatoms. The van der Waals surface area contributed by atoms with E-state index in [0.717, 1.165) is 35.3 Å². The Bertz CT molecular complexity index is 908. The summed E-state index contributed by atoms with van der Waals surface area (Å²) in [5, 5.41) is 8.70. The van der Waals surface area contributed by atoms with Crippen LogP contribution >= 0.6 is 35.6 Å². The Morgan fingerprint density at radius 2 is 1.89 bits per heavy atom. The van der Waals surface area contributed by atoms with Crippen molar-refractivity contribution >= 4 is 41.5 Å². The Kier molecular flexibility index (Phi) is 6.38. The van der Waals surface area contributed by atoms with E-state index in [9.17, 15) is 0 Å². The maximum atomic E-state index is 5.97. The van der Waals surface area contributed by atoms with Gasteiger partial charge < -0.3 is 10.2 Å². The van der Waals surface area contributed by atoms with E-state index in [-0.39, 0.29) is 30.0 Å². The Balaban J connectivity index is 0.00000210. The molecule has 0 spiro atoms. The van der Waals surface area contributed by atoms with Crippen molar-refractivity contribution in [3.8, 4) is 5.69 Å². The molecule has 5 nitrogen and oxygen atoms in total. The fourth-order valence-corrected chi connectivity index (χ4v) is 3.18. The van der Waals surface area contributed by atoms with Crippen LogP contribution in [-0.4, -0.2) is 34.2 Å². The van der Waals surface area contributed by atoms with Gasteiger partial charge in [-0.15, -0.1) is 24.0 Å². The number of rotatable bonds is 4. The van der Waals surface area contributed by atoms with Gasteiger partial charge in [-0.25, -0.2) is 4.68 Å². The molecule has 0 saturated heterocycles. The van der Waals surface area contributed by atoms with Gasteiger partial charge in [0, 0.05) is 30.4 Å². The van der Waals surface area contributed by atoms with Gasteiger partial charge >= 0.3 is 0 Å². The van der Waals surface area contributed by atoms with Crippen molar-refractivity contribution in [1.29, 1.82) is 0 Å². The lowest BCUT2D eigenvalue weighted by Gasteiger charge is -2.20. The SMILES string of the molecule is CN(Cc1cnn(-c2ccccc2)c1)C1=NCC(c2ccc(Cl)cc2)N1.I. The third kappa shape index (κ3) is 4.62. The van der Waals surface area contributed by atoms with Gasteiger partial charge in [0.1, 0.15) is 0 Å². The molecule has 1 atom stereocenters. The first kappa shape index (κ1) is 19.7. The Labute approximate surface area is 181 Å². The highest BCUT2D eigenvalue weighted by atomic mass is 127. The number of halogens is 2. The minimum Gasteiger partial charge on any atom is -0.348 e. The summed E-state index contributed by atoms with van der Waals surface area (Å²) >= 11 is 5.97. The van der Waals surface area contributed by atoms with Gasteiger partial charge in [0.05, 0.1) is 24.5 Å². The number of benzene rings is 2. The van der Waals surface area contributed by atoms with Crippen LogP contribution in [0.2, 0.25) is 5.02 Å². The van der Waals surface area contributed by atoms with Gasteiger partial charge in [0.15, 0.2) is 5.96 Å². The number of guanidine groups is 1. The molecular weight excluding hydrogens is 473 g/mol. The molecule has 0 amide bonds. The van der Waals surface area contributed by atoms with Crippen molar-refractivity contribution in [3.63, 3.8) is 0 Å². The number of hydrogen-bond acceptors (Lipinski definition) is 4. The third-order valence-electron chi connectivity index (χ3n) is 4.44. The van der Waals surface area contributed by atoms with Gasteiger partial charge in [-0.3, -0.25) is 4.99 Å². The summed E-state index contributed by atoms with van der Waals surface area (Å²) in [7, 11) is 2.04. The van der Waals surface area contributed by atoms with Crippen molar-refractivity contribution in [2.24, 2.45) is 4.99 Å². The van der Waals surface area contributed by atoms with Gasteiger partial charge in [0.25, 0.3) is 0 Å². The average molecular weight is 494 g/mol. The first-order valence-corrected chi connectivity index (χ1v) is 8.93. The minimum atomic E-state index is 0. The zero-order valence-electron chi connectivity index (χ0n) is 14.9. The lowest BCUT2D eigenvalue weighted by molar-refractivity contribution is 0.480. The smallest absolute Gasteiger partial charge is 0.194 e. The van der Waals surface area contributed by atoms with Crippen LogP contribution in [0.25, 0.3) is 5.69 Å². The molecule has 0 fully saturated rings. The minimum absolute atomic E-state index is 0. The fraction of sp³-hybridized carbons (Fsp3) is 0.200. The molecule has 3 aromatic rings. The molecule has 0 bridgehead atoms. The highest BCUT2D eigenvalue weighted by molar-refractivity contribution is 14.0. The Hall–Kier alpha value is -2.06. The van der Waals surface area contributed by atoms with Gasteiger partial charge in [-0.05, 0) is 29.8 Å². The van der Waals surface area contributed by atoms with Crippen LogP contribution in [0.5, 0.6) is 0 Å². The van der Waals surface area contributed by atoms with Crippen molar-refractivity contribution in [1.82, 2.24) is 20.0 Å². The molecule has 2 heterocycles. The molecule has 2 aromatic carbocycles. The lowest BCUT2D eigenvalue weighted by Crippen LogP contribution is -2.36. The predicted molar refractivity (Wildman–Crippen MR) is 120 cm³/mol. The Morgan fingerprint density at radius 3 is 2.63 bits per heavy atom. The summed E-state index contributed by atoms with van der Waals surface area (Å²) in [6, 6.07) is 18.2. The quantitative estimate of drug-likeness (QED) is 0.552. The van der Waals surface area contributed by atoms with Crippen LogP contribution in [0.1, 0.15) is 17.2 Å². The molecule has 4 rings (SSSR count). The standard InChI is InChI=1S/C20H20ClN5.HI/c1-25(13-15-11-23-26(14-15)18-5-3-2-4-6-18)20-22-12-19(24-20)16-7-9-17(21)10-8-16;/h2-11,14,19H,12-13H2,1H3,(H,22,24);1H. The summed E-state index contributed by atoms with van der Waals surface area (Å²) in [5.74, 6) is 0.900. The monoisotopic (exact) mass is 493 g/mol. The van der Waals surface area contributed by atoms with E-state index >= 15 is 0 Å². The van der Waals surface area contributed by atoms with Gasteiger partial charge in [0.2, 0.25) is 0 Å². The zero-order chi connectivity index (χ0) is 17.9. The number of para-hydroxylation sites is 1. The highest BCUT2D eigenvalue weighted by Crippen LogP contribution is 2.20. The van der Waals surface area contributed by atoms with Crippen molar-refractivity contribution < 1.29 is 0 Å². The maximum Gasteiger partial charge on any atom is 0.194 e. The molecule has 1 unspecified atom stereocenters. The number of aliphatic imine (C=N–C) groups is 1. The molecule has 140 valence electrons. The largest absolute Gasteiger partial charge is 0.348 e. The van der Waals surface area contributed by atoms with Crippen LogP contribution in [0.4, 0.5) is 0 Å². The van der Waals surface area contributed by atoms with Crippen molar-refractivity contribution in [2.75, 3.05) is 13.6 Å². The van der Waals surface area contributed by atoms with E-state index in [0.29, 0.717) is 0 Å². The lowest BCUT2D eigenvalue weighted by atomic mass is 10.1. The topological polar surface area (TPSA) is 45.5 Å². The number of aromatic nitrogens is 2. The van der Waals surface area contributed by atoms with Gasteiger partial charge in [-0.2, -0.15) is 5.10 Å². The molecule has 0 radical (unpaired) electrons. The van der Waals surface area contributed by atoms with Crippen LogP contribution in [0, 0.1) is 0 Å². The van der Waals surface area contributed by atoms with E-state index in [1.54, 1.807) is 0 Å². The third-order valence-corrected chi connectivity index (χ3v) is 4.69. The Morgan fingerprint density at radius 1 is 1.15 bits per heavy atom. The summed E-state index contributed by atoms with van der Waals surface area (Å²) in [6.45, 7) is 1.47. The number of hydrogen-bond donors (Lipinski definition) is 1. The van der Waals surface area contributed by atoms with Crippen molar-refractivity contribution in [2.45, 2.75) is 12.6 Å². The van der Waals surface area contributed by atoms with Crippen LogP contribution in [0.15, 0.2) is 72.0 Å². The molecular formula is C20H21ClIN5. The predicted octanol–water partition coefficient (Wildman–Crippen LogP) is 4.28. The molecule has 1 aromatic heterocycles. The molecule has 0 saturated carbocycles. The maximum absolute atomic E-state index is 5.97. The second kappa shape index (κ2) is 8.75. The summed E-state index contributed by atoms with van der Waals surface area (Å²) in [4.78, 5) is 6.76. The van der Waals surface area contributed by atoms with E-state index in [1.807, 2.05) is 72.5 Å². The fourth-order valence-electron chi connectivity index (χ4n) is 3.05. The van der Waals surface area contributed by atoms with Crippen LogP contribution in [0.3, 0.4) is 0 Å². The zero-order valence-corrected chi connectivity index (χ0v) is 18.0. The van der Waals surface area contributed by atoms with E-state index < -0.39 is 0 Å². The van der Waals surface area contributed by atoms with E-state index in [1.165, 1.54) is 5.56 Å². The first-order valence-electron chi connectivity index (χ1n) is 8.55. The number of nitrogens with one attached hydrogen (secondary N) is 1. The molecule has 1 aliphatic rings. The van der Waals surface area contributed by atoms with Gasteiger partial charge in [-0.1, -0.05) is 41.9 Å². The second-order valence-corrected chi connectivity index (χ2v) is 6.83. The normalized spacial score (nSPS) is 15.6. The summed E-state index contributed by atoms with van der Waals surface area (Å²) in [6.07, 6.45) is 3.95. The van der Waals surface area contributed by atoms with E-state index in [4.69, 9.17) is 11.6 Å². The summed E-state index contributed by atoms with van der Waals surface area (Å²) in [5.41, 5.74) is 3.38. The molecule has 27 heavy (non-hydrogen) atoms. The summed E-state index contributed by atoms with van der Waals surface area (Å²) < 4.78 is 1.89. The molecule has 1 N–H and O–H groups in total. The second-order valence-electron chi connectivity index (χ2n) is 6.40. The van der Waals surface area contributed by atoms with Crippen LogP contribution < -0.4 is 5.32 Å². The number of nitrogens with zero attached hydrogens (tertiary/aromatic N) is 4.